The number of hydrogen-bond donors (Lipinski definition) is 1. The fraction of sp³-hybridized carbons (Fsp3) is 0.316. The molecule has 0 aliphatic carbocycles. The second-order valence-electron chi connectivity index (χ2n) is 6.18. The minimum atomic E-state index is 0.108. The number of anilines is 1. The minimum Gasteiger partial charge on any atom is -0.384 e. The molecule has 0 spiro atoms. The average Bonchev–Trinajstić information content (AvgIpc) is 2.93. The highest BCUT2D eigenvalue weighted by atomic mass is 16.1. The van der Waals surface area contributed by atoms with E-state index in [0.717, 1.165) is 36.2 Å². The van der Waals surface area contributed by atoms with Crippen LogP contribution in [0.2, 0.25) is 0 Å². The van der Waals surface area contributed by atoms with Gasteiger partial charge >= 0.3 is 0 Å². The largest absolute Gasteiger partial charge is 0.384 e. The third kappa shape index (κ3) is 2.99. The number of nitrogens with one attached hydrogen (secondary N) is 1. The van der Waals surface area contributed by atoms with Gasteiger partial charge in [-0.25, -0.2) is 0 Å². The van der Waals surface area contributed by atoms with Crippen molar-refractivity contribution in [2.45, 2.75) is 26.7 Å². The van der Waals surface area contributed by atoms with Crippen molar-refractivity contribution < 1.29 is 4.79 Å². The lowest BCUT2D eigenvalue weighted by atomic mass is 9.96. The van der Waals surface area contributed by atoms with Crippen LogP contribution in [0.25, 0.3) is 0 Å². The molecule has 1 heterocycles. The van der Waals surface area contributed by atoms with Crippen LogP contribution in [0.5, 0.6) is 0 Å². The number of fused-ring (bicyclic) bond motifs is 1. The van der Waals surface area contributed by atoms with Crippen molar-refractivity contribution in [1.29, 1.82) is 0 Å². The molecule has 0 amide bonds. The number of ketones is 1. The predicted octanol–water partition coefficient (Wildman–Crippen LogP) is 4.08. The van der Waals surface area contributed by atoms with E-state index < -0.39 is 0 Å². The Labute approximate surface area is 126 Å². The summed E-state index contributed by atoms with van der Waals surface area (Å²) in [6.45, 7) is 5.36. The first-order valence-corrected chi connectivity index (χ1v) is 7.64. The number of carbonyl (C=O) groups is 1. The lowest BCUT2D eigenvalue weighted by molar-refractivity contribution is 0.103. The maximum atomic E-state index is 12.7. The van der Waals surface area contributed by atoms with Crippen LogP contribution in [0.1, 0.15) is 40.9 Å². The van der Waals surface area contributed by atoms with Crippen LogP contribution < -0.4 is 5.32 Å². The highest BCUT2D eigenvalue weighted by Gasteiger charge is 2.15. The smallest absolute Gasteiger partial charge is 0.193 e. The van der Waals surface area contributed by atoms with Crippen molar-refractivity contribution in [2.75, 3.05) is 11.9 Å². The number of benzene rings is 2. The third-order valence-corrected chi connectivity index (χ3v) is 3.91. The monoisotopic (exact) mass is 279 g/mol. The molecule has 1 aliphatic heterocycles. The molecule has 0 bridgehead atoms. The van der Waals surface area contributed by atoms with E-state index in [1.807, 2.05) is 30.3 Å². The van der Waals surface area contributed by atoms with Gasteiger partial charge in [-0.05, 0) is 42.0 Å². The topological polar surface area (TPSA) is 29.1 Å². The number of rotatable bonds is 4. The molecular weight excluding hydrogens is 258 g/mol. The van der Waals surface area contributed by atoms with E-state index in [-0.39, 0.29) is 5.78 Å². The van der Waals surface area contributed by atoms with Crippen molar-refractivity contribution in [3.05, 3.63) is 64.7 Å². The van der Waals surface area contributed by atoms with Crippen molar-refractivity contribution in [3.8, 4) is 0 Å². The minimum absolute atomic E-state index is 0.108. The molecule has 0 saturated heterocycles. The van der Waals surface area contributed by atoms with Gasteiger partial charge in [-0.15, -0.1) is 0 Å². The summed E-state index contributed by atoms with van der Waals surface area (Å²) < 4.78 is 0. The van der Waals surface area contributed by atoms with Crippen LogP contribution in [-0.4, -0.2) is 12.3 Å². The zero-order valence-electron chi connectivity index (χ0n) is 12.6. The summed E-state index contributed by atoms with van der Waals surface area (Å²) in [7, 11) is 0. The molecule has 3 rings (SSSR count). The number of hydrogen-bond acceptors (Lipinski definition) is 2. The molecule has 0 fully saturated rings. The van der Waals surface area contributed by atoms with Gasteiger partial charge in [0.05, 0.1) is 0 Å². The SMILES string of the molecule is CC(C)Cc1cccc(C(=O)c2ccc3c(c2)NCC3)c1. The molecule has 0 aromatic heterocycles. The molecule has 108 valence electrons. The summed E-state index contributed by atoms with van der Waals surface area (Å²) in [4.78, 5) is 12.7. The van der Waals surface area contributed by atoms with Gasteiger partial charge in [0.2, 0.25) is 0 Å². The summed E-state index contributed by atoms with van der Waals surface area (Å²) >= 11 is 0. The lowest BCUT2D eigenvalue weighted by Gasteiger charge is -2.08. The van der Waals surface area contributed by atoms with Gasteiger partial charge in [0.25, 0.3) is 0 Å². The van der Waals surface area contributed by atoms with Gasteiger partial charge in [-0.1, -0.05) is 44.2 Å². The van der Waals surface area contributed by atoms with Gasteiger partial charge in [0, 0.05) is 23.4 Å². The zero-order chi connectivity index (χ0) is 14.8. The Bertz CT molecular complexity index is 673. The molecular formula is C19H21NO. The Hall–Kier alpha value is -2.09. The molecule has 2 nitrogen and oxygen atoms in total. The summed E-state index contributed by atoms with van der Waals surface area (Å²) in [6.07, 6.45) is 2.06. The van der Waals surface area contributed by atoms with Crippen LogP contribution in [0.15, 0.2) is 42.5 Å². The van der Waals surface area contributed by atoms with Gasteiger partial charge in [0.1, 0.15) is 0 Å². The maximum absolute atomic E-state index is 12.7. The molecule has 0 atom stereocenters. The maximum Gasteiger partial charge on any atom is 0.193 e. The Morgan fingerprint density at radius 1 is 1.14 bits per heavy atom. The molecule has 1 N–H and O–H groups in total. The molecule has 1 aliphatic rings. The van der Waals surface area contributed by atoms with E-state index in [9.17, 15) is 4.79 Å². The Kier molecular flexibility index (Phi) is 3.78. The van der Waals surface area contributed by atoms with Crippen molar-refractivity contribution in [2.24, 2.45) is 5.92 Å². The Morgan fingerprint density at radius 3 is 2.76 bits per heavy atom. The van der Waals surface area contributed by atoms with E-state index >= 15 is 0 Å². The second-order valence-corrected chi connectivity index (χ2v) is 6.18. The van der Waals surface area contributed by atoms with Gasteiger partial charge in [-0.3, -0.25) is 4.79 Å². The van der Waals surface area contributed by atoms with Crippen LogP contribution in [-0.2, 0) is 12.8 Å². The van der Waals surface area contributed by atoms with Gasteiger partial charge in [0.15, 0.2) is 5.78 Å². The average molecular weight is 279 g/mol. The third-order valence-electron chi connectivity index (χ3n) is 3.91. The first-order valence-electron chi connectivity index (χ1n) is 7.64. The fourth-order valence-electron chi connectivity index (χ4n) is 2.91. The van der Waals surface area contributed by atoms with Crippen molar-refractivity contribution in [3.63, 3.8) is 0 Å². The summed E-state index contributed by atoms with van der Waals surface area (Å²) in [6, 6.07) is 14.0. The molecule has 0 unspecified atom stereocenters. The van der Waals surface area contributed by atoms with Gasteiger partial charge in [-0.2, -0.15) is 0 Å². The normalized spacial score (nSPS) is 13.1. The second kappa shape index (κ2) is 5.72. The van der Waals surface area contributed by atoms with Crippen LogP contribution >= 0.6 is 0 Å². The highest BCUT2D eigenvalue weighted by molar-refractivity contribution is 6.09. The lowest BCUT2D eigenvalue weighted by Crippen LogP contribution is -2.03. The molecule has 0 radical (unpaired) electrons. The molecule has 2 heteroatoms. The fourth-order valence-corrected chi connectivity index (χ4v) is 2.91. The van der Waals surface area contributed by atoms with Crippen LogP contribution in [0, 0.1) is 5.92 Å². The summed E-state index contributed by atoms with van der Waals surface area (Å²) in [5.41, 5.74) is 5.20. The summed E-state index contributed by atoms with van der Waals surface area (Å²) in [5.74, 6) is 0.705. The highest BCUT2D eigenvalue weighted by Crippen LogP contribution is 2.24. The van der Waals surface area contributed by atoms with Crippen LogP contribution in [0.3, 0.4) is 0 Å². The van der Waals surface area contributed by atoms with Crippen molar-refractivity contribution >= 4 is 11.5 Å². The predicted molar refractivity (Wildman–Crippen MR) is 87.1 cm³/mol. The van der Waals surface area contributed by atoms with E-state index in [0.29, 0.717) is 5.92 Å². The zero-order valence-corrected chi connectivity index (χ0v) is 12.6. The van der Waals surface area contributed by atoms with E-state index in [2.05, 4.69) is 31.3 Å². The van der Waals surface area contributed by atoms with E-state index in [1.165, 1.54) is 11.1 Å². The quantitative estimate of drug-likeness (QED) is 0.854. The van der Waals surface area contributed by atoms with Gasteiger partial charge < -0.3 is 5.32 Å². The van der Waals surface area contributed by atoms with E-state index in [1.54, 1.807) is 0 Å². The standard InChI is InChI=1S/C19H21NO/c1-13(2)10-14-4-3-5-16(11-14)19(21)17-7-6-15-8-9-20-18(15)12-17/h3-7,11-13,20H,8-10H2,1-2H3. The molecule has 2 aromatic rings. The Morgan fingerprint density at radius 2 is 1.95 bits per heavy atom. The molecule has 21 heavy (non-hydrogen) atoms. The number of carbonyl (C=O) groups excluding carboxylic acids is 1. The first-order chi connectivity index (χ1) is 10.1. The Balaban J connectivity index is 1.88. The molecule has 2 aromatic carbocycles. The first kappa shape index (κ1) is 13.9. The van der Waals surface area contributed by atoms with Crippen molar-refractivity contribution in [1.82, 2.24) is 0 Å². The van der Waals surface area contributed by atoms with Crippen LogP contribution in [0.4, 0.5) is 5.69 Å². The van der Waals surface area contributed by atoms with E-state index in [4.69, 9.17) is 0 Å². The molecule has 0 saturated carbocycles. The summed E-state index contributed by atoms with van der Waals surface area (Å²) in [5, 5.41) is 3.33.